The summed E-state index contributed by atoms with van der Waals surface area (Å²) in [6.45, 7) is 16.3. The lowest BCUT2D eigenvalue weighted by atomic mass is 9.96. The molecule has 0 bridgehead atoms. The van der Waals surface area contributed by atoms with Gasteiger partial charge in [0.25, 0.3) is 0 Å². The van der Waals surface area contributed by atoms with Crippen molar-refractivity contribution in [3.8, 4) is 0 Å². The summed E-state index contributed by atoms with van der Waals surface area (Å²) in [6, 6.07) is 0. The Balaban J connectivity index is 1.66. The third kappa shape index (κ3) is 8.49. The number of nitrogens with one attached hydrogen (secondary N) is 1. The van der Waals surface area contributed by atoms with Crippen LogP contribution in [-0.4, -0.2) is 90.2 Å². The number of ether oxygens (including phenoxy) is 2. The van der Waals surface area contributed by atoms with Crippen molar-refractivity contribution in [2.75, 3.05) is 65.7 Å². The van der Waals surface area contributed by atoms with Gasteiger partial charge in [-0.2, -0.15) is 0 Å². The molecule has 1 fully saturated rings. The Labute approximate surface area is 188 Å². The maximum Gasteiger partial charge on any atom is 0.168 e. The van der Waals surface area contributed by atoms with Crippen molar-refractivity contribution in [3.63, 3.8) is 0 Å². The number of likely N-dealkylation sites (tertiary alicyclic amines) is 1. The average Bonchev–Trinajstić information content (AvgIpc) is 3.25. The number of hydrogen-bond donors (Lipinski definition) is 1. The predicted molar refractivity (Wildman–Crippen MR) is 126 cm³/mol. The summed E-state index contributed by atoms with van der Waals surface area (Å²) in [7, 11) is 0. The van der Waals surface area contributed by atoms with E-state index in [0.29, 0.717) is 25.7 Å². The Bertz CT molecular complexity index is 586. The van der Waals surface area contributed by atoms with Crippen molar-refractivity contribution < 1.29 is 9.47 Å². The van der Waals surface area contributed by atoms with Gasteiger partial charge in [-0.25, -0.2) is 4.98 Å². The lowest BCUT2D eigenvalue weighted by molar-refractivity contribution is 0.0493. The van der Waals surface area contributed by atoms with Gasteiger partial charge in [-0.05, 0) is 58.0 Å². The molecule has 1 aliphatic heterocycles. The first-order chi connectivity index (χ1) is 14.7. The van der Waals surface area contributed by atoms with Crippen LogP contribution in [0.25, 0.3) is 0 Å². The summed E-state index contributed by atoms with van der Waals surface area (Å²) in [5, 5.41) is 4.35. The lowest BCUT2D eigenvalue weighted by Crippen LogP contribution is -2.44. The van der Waals surface area contributed by atoms with Crippen molar-refractivity contribution in [1.29, 1.82) is 0 Å². The Kier molecular flexibility index (Phi) is 12.3. The molecule has 1 saturated heterocycles. The highest BCUT2D eigenvalue weighted by atomic mass is 32.1. The number of thiocarbonyl (C=S) groups is 1. The molecule has 1 aromatic heterocycles. The van der Waals surface area contributed by atoms with E-state index in [0.717, 1.165) is 76.8 Å². The Hall–Kier alpha value is -1.22. The van der Waals surface area contributed by atoms with Gasteiger partial charge < -0.3 is 29.2 Å². The molecule has 1 aliphatic rings. The molecule has 1 aromatic rings. The molecule has 0 aliphatic carbocycles. The van der Waals surface area contributed by atoms with Crippen LogP contribution in [0.3, 0.4) is 0 Å². The summed E-state index contributed by atoms with van der Waals surface area (Å²) < 4.78 is 13.2. The largest absolute Gasteiger partial charge is 0.379 e. The van der Waals surface area contributed by atoms with Gasteiger partial charge in [0.15, 0.2) is 5.11 Å². The fourth-order valence-electron chi connectivity index (χ4n) is 3.89. The highest BCUT2D eigenvalue weighted by molar-refractivity contribution is 7.80. The molecule has 0 atom stereocenters. The summed E-state index contributed by atoms with van der Waals surface area (Å²) in [4.78, 5) is 9.40. The Morgan fingerprint density at radius 1 is 1.17 bits per heavy atom. The molecular formula is C22H41N5O2S. The number of nitrogens with zero attached hydrogens (tertiary/aromatic N) is 4. The minimum absolute atomic E-state index is 0.491. The van der Waals surface area contributed by atoms with E-state index in [-0.39, 0.29) is 0 Å². The second kappa shape index (κ2) is 14.7. The summed E-state index contributed by atoms with van der Waals surface area (Å²) in [5.41, 5.74) is 0. The van der Waals surface area contributed by atoms with Gasteiger partial charge >= 0.3 is 0 Å². The minimum Gasteiger partial charge on any atom is -0.379 e. The first-order valence-electron chi connectivity index (χ1n) is 11.6. The van der Waals surface area contributed by atoms with Crippen LogP contribution < -0.4 is 5.32 Å². The first-order valence-corrected chi connectivity index (χ1v) is 12.0. The average molecular weight is 440 g/mol. The molecule has 2 heterocycles. The molecule has 30 heavy (non-hydrogen) atoms. The Morgan fingerprint density at radius 3 is 2.60 bits per heavy atom. The van der Waals surface area contributed by atoms with Gasteiger partial charge in [0.05, 0.1) is 19.8 Å². The fraction of sp³-hybridized carbons (Fsp3) is 0.818. The normalized spacial score (nSPS) is 15.1. The fourth-order valence-corrected chi connectivity index (χ4v) is 4.17. The molecule has 0 spiro atoms. The van der Waals surface area contributed by atoms with E-state index in [1.165, 1.54) is 5.82 Å². The molecule has 0 aromatic carbocycles. The smallest absolute Gasteiger partial charge is 0.168 e. The van der Waals surface area contributed by atoms with Crippen LogP contribution in [0.4, 0.5) is 0 Å². The van der Waals surface area contributed by atoms with Gasteiger partial charge in [0, 0.05) is 51.1 Å². The van der Waals surface area contributed by atoms with Crippen molar-refractivity contribution >= 4 is 17.3 Å². The molecule has 0 radical (unpaired) electrons. The van der Waals surface area contributed by atoms with Gasteiger partial charge in [-0.1, -0.05) is 13.8 Å². The van der Waals surface area contributed by atoms with Gasteiger partial charge in [-0.15, -0.1) is 0 Å². The quantitative estimate of drug-likeness (QED) is 0.353. The molecule has 1 N–H and O–H groups in total. The van der Waals surface area contributed by atoms with Crippen molar-refractivity contribution in [1.82, 2.24) is 24.7 Å². The topological polar surface area (TPSA) is 54.8 Å². The summed E-state index contributed by atoms with van der Waals surface area (Å²) in [6.07, 6.45) is 7.27. The first kappa shape index (κ1) is 25.0. The standard InChI is InChI=1S/C22H41N5O2S/c1-4-25(5-2)12-7-10-24-22(30)27-13-8-20(9-14-27)21-23-11-15-26(21)16-17-29-19-18-28-6-3/h11,15,20H,4-10,12-14,16-19H2,1-3H3,(H,24,30). The molecule has 0 unspecified atom stereocenters. The number of hydrogen-bond acceptors (Lipinski definition) is 5. The zero-order valence-corrected chi connectivity index (χ0v) is 20.0. The zero-order chi connectivity index (χ0) is 21.6. The van der Waals surface area contributed by atoms with Crippen molar-refractivity contribution in [2.24, 2.45) is 0 Å². The summed E-state index contributed by atoms with van der Waals surface area (Å²) in [5.74, 6) is 1.67. The molecule has 2 rings (SSSR count). The second-order valence-corrected chi connectivity index (χ2v) is 8.05. The van der Waals surface area contributed by atoms with Crippen LogP contribution in [0.5, 0.6) is 0 Å². The Morgan fingerprint density at radius 2 is 1.90 bits per heavy atom. The zero-order valence-electron chi connectivity index (χ0n) is 19.1. The predicted octanol–water partition coefficient (Wildman–Crippen LogP) is 2.72. The monoisotopic (exact) mass is 439 g/mol. The van der Waals surface area contributed by atoms with Gasteiger partial charge in [0.1, 0.15) is 5.82 Å². The number of aromatic nitrogens is 2. The minimum atomic E-state index is 0.491. The second-order valence-electron chi connectivity index (χ2n) is 7.66. The van der Waals surface area contributed by atoms with Crippen LogP contribution in [0.2, 0.25) is 0 Å². The van der Waals surface area contributed by atoms with Crippen LogP contribution in [0.1, 0.15) is 51.8 Å². The van der Waals surface area contributed by atoms with E-state index in [9.17, 15) is 0 Å². The highest BCUT2D eigenvalue weighted by Gasteiger charge is 2.25. The molecule has 0 saturated carbocycles. The van der Waals surface area contributed by atoms with Crippen LogP contribution in [0.15, 0.2) is 12.4 Å². The maximum atomic E-state index is 5.67. The highest BCUT2D eigenvalue weighted by Crippen LogP contribution is 2.27. The van der Waals surface area contributed by atoms with Gasteiger partial charge in [0.2, 0.25) is 0 Å². The van der Waals surface area contributed by atoms with E-state index in [2.05, 4.69) is 44.7 Å². The van der Waals surface area contributed by atoms with E-state index in [1.54, 1.807) is 0 Å². The molecule has 172 valence electrons. The molecule has 7 nitrogen and oxygen atoms in total. The number of imidazole rings is 1. The van der Waals surface area contributed by atoms with E-state index in [1.807, 2.05) is 13.1 Å². The lowest BCUT2D eigenvalue weighted by Gasteiger charge is -2.34. The molecular weight excluding hydrogens is 398 g/mol. The van der Waals surface area contributed by atoms with Crippen LogP contribution in [0, 0.1) is 0 Å². The molecule has 0 amide bonds. The number of rotatable bonds is 14. The molecule has 8 heteroatoms. The van der Waals surface area contributed by atoms with Crippen LogP contribution in [-0.2, 0) is 16.0 Å². The summed E-state index contributed by atoms with van der Waals surface area (Å²) >= 11 is 5.63. The van der Waals surface area contributed by atoms with Gasteiger partial charge in [-0.3, -0.25) is 0 Å². The SMILES string of the molecule is CCOCCOCCn1ccnc1C1CCN(C(=S)NCCCN(CC)CC)CC1. The third-order valence-corrected chi connectivity index (χ3v) is 6.17. The number of piperidine rings is 1. The van der Waals surface area contributed by atoms with E-state index < -0.39 is 0 Å². The maximum absolute atomic E-state index is 5.67. The van der Waals surface area contributed by atoms with E-state index >= 15 is 0 Å². The van der Waals surface area contributed by atoms with Crippen LogP contribution >= 0.6 is 12.2 Å². The third-order valence-electron chi connectivity index (χ3n) is 5.77. The van der Waals surface area contributed by atoms with E-state index in [4.69, 9.17) is 21.7 Å². The van der Waals surface area contributed by atoms with Crippen molar-refractivity contribution in [3.05, 3.63) is 18.2 Å². The van der Waals surface area contributed by atoms with Crippen molar-refractivity contribution in [2.45, 2.75) is 52.5 Å².